The zero-order chi connectivity index (χ0) is 15.1. The van der Waals surface area contributed by atoms with Crippen LogP contribution in [0.15, 0.2) is 18.2 Å². The first kappa shape index (κ1) is 16.3. The summed E-state index contributed by atoms with van der Waals surface area (Å²) in [6, 6.07) is 4.95. The van der Waals surface area contributed by atoms with E-state index in [1.54, 1.807) is 18.2 Å². The van der Waals surface area contributed by atoms with Gasteiger partial charge in [-0.2, -0.15) is 0 Å². The Hall–Kier alpha value is -1.79. The quantitative estimate of drug-likeness (QED) is 0.693. The lowest BCUT2D eigenvalue weighted by Crippen LogP contribution is -2.31. The Morgan fingerprint density at radius 3 is 2.75 bits per heavy atom. The molecule has 0 fully saturated rings. The molecule has 110 valence electrons. The highest BCUT2D eigenvalue weighted by atomic mass is 35.5. The van der Waals surface area contributed by atoms with Crippen LogP contribution in [0, 0.1) is 0 Å². The number of carbonyl (C=O) groups is 2. The average Bonchev–Trinajstić information content (AvgIpc) is 2.38. The van der Waals surface area contributed by atoms with Gasteiger partial charge in [-0.25, -0.2) is 4.79 Å². The molecule has 0 aromatic heterocycles. The molecule has 0 spiro atoms. The van der Waals surface area contributed by atoms with Crippen LogP contribution in [0.5, 0.6) is 5.75 Å². The highest BCUT2D eigenvalue weighted by Gasteiger charge is 2.14. The summed E-state index contributed by atoms with van der Waals surface area (Å²) >= 11 is 5.85. The van der Waals surface area contributed by atoms with Gasteiger partial charge in [-0.3, -0.25) is 4.79 Å². The van der Waals surface area contributed by atoms with Crippen molar-refractivity contribution < 1.29 is 24.5 Å². The molecule has 3 N–H and O–H groups in total. The van der Waals surface area contributed by atoms with Crippen molar-refractivity contribution in [3.8, 4) is 5.75 Å². The van der Waals surface area contributed by atoms with Crippen LogP contribution >= 0.6 is 11.6 Å². The van der Waals surface area contributed by atoms with Crippen molar-refractivity contribution in [2.24, 2.45) is 0 Å². The number of hydrogen-bond acceptors (Lipinski definition) is 4. The lowest BCUT2D eigenvalue weighted by atomic mass is 10.1. The molecule has 0 aliphatic rings. The molecule has 0 aliphatic carbocycles. The first-order chi connectivity index (χ1) is 9.43. The minimum atomic E-state index is -1.48. The summed E-state index contributed by atoms with van der Waals surface area (Å²) in [6.07, 6.45) is -1.46. The number of amides is 1. The van der Waals surface area contributed by atoms with Gasteiger partial charge in [-0.1, -0.05) is 11.6 Å². The van der Waals surface area contributed by atoms with Gasteiger partial charge in [-0.05, 0) is 18.2 Å². The number of aliphatic carboxylic acids is 1. The largest absolute Gasteiger partial charge is 0.496 e. The van der Waals surface area contributed by atoms with E-state index >= 15 is 0 Å². The predicted molar refractivity (Wildman–Crippen MR) is 73.0 cm³/mol. The average molecular weight is 302 g/mol. The second kappa shape index (κ2) is 7.72. The van der Waals surface area contributed by atoms with Crippen molar-refractivity contribution >= 4 is 23.5 Å². The SMILES string of the molecule is COc1ccc(Cl)cc1CC(=O)NCC[C@H](O)C(=O)O. The second-order valence-electron chi connectivity index (χ2n) is 4.13. The lowest BCUT2D eigenvalue weighted by Gasteiger charge is -2.10. The highest BCUT2D eigenvalue weighted by Crippen LogP contribution is 2.22. The van der Waals surface area contributed by atoms with Crippen LogP contribution in [-0.4, -0.2) is 41.8 Å². The Bertz CT molecular complexity index is 492. The van der Waals surface area contributed by atoms with Gasteiger partial charge in [0.05, 0.1) is 13.5 Å². The number of hydrogen-bond donors (Lipinski definition) is 3. The molecule has 1 aromatic rings. The minimum absolute atomic E-state index is 0.0479. The van der Waals surface area contributed by atoms with Gasteiger partial charge in [-0.15, -0.1) is 0 Å². The molecule has 1 aromatic carbocycles. The third-order valence-electron chi connectivity index (χ3n) is 2.62. The summed E-state index contributed by atoms with van der Waals surface area (Å²) in [5.74, 6) is -1.06. The van der Waals surface area contributed by atoms with Gasteiger partial charge in [0.25, 0.3) is 0 Å². The van der Waals surface area contributed by atoms with Gasteiger partial charge in [0.2, 0.25) is 5.91 Å². The minimum Gasteiger partial charge on any atom is -0.496 e. The van der Waals surface area contributed by atoms with E-state index in [0.29, 0.717) is 16.3 Å². The molecule has 20 heavy (non-hydrogen) atoms. The fourth-order valence-corrected chi connectivity index (χ4v) is 1.79. The normalized spacial score (nSPS) is 11.8. The van der Waals surface area contributed by atoms with E-state index in [1.165, 1.54) is 7.11 Å². The maximum atomic E-state index is 11.7. The summed E-state index contributed by atoms with van der Waals surface area (Å²) in [5.41, 5.74) is 0.635. The van der Waals surface area contributed by atoms with Crippen LogP contribution in [-0.2, 0) is 16.0 Å². The van der Waals surface area contributed by atoms with Gasteiger partial charge in [0.15, 0.2) is 6.10 Å². The van der Waals surface area contributed by atoms with Crippen molar-refractivity contribution in [3.63, 3.8) is 0 Å². The first-order valence-corrected chi connectivity index (χ1v) is 6.31. The van der Waals surface area contributed by atoms with Crippen LogP contribution in [0.3, 0.4) is 0 Å². The number of aliphatic hydroxyl groups is 1. The first-order valence-electron chi connectivity index (χ1n) is 5.94. The van der Waals surface area contributed by atoms with Gasteiger partial charge in [0.1, 0.15) is 5.75 Å². The Labute approximate surface area is 121 Å². The third kappa shape index (κ3) is 5.07. The van der Waals surface area contributed by atoms with Crippen molar-refractivity contribution in [3.05, 3.63) is 28.8 Å². The molecule has 0 unspecified atom stereocenters. The molecular weight excluding hydrogens is 286 g/mol. The van der Waals surface area contributed by atoms with Gasteiger partial charge < -0.3 is 20.3 Å². The second-order valence-corrected chi connectivity index (χ2v) is 4.56. The van der Waals surface area contributed by atoms with E-state index in [0.717, 1.165) is 0 Å². The number of carboxylic acids is 1. The van der Waals surface area contributed by atoms with E-state index < -0.39 is 12.1 Å². The topological polar surface area (TPSA) is 95.9 Å². The number of carboxylic acid groups (broad SMARTS) is 1. The molecule has 0 saturated carbocycles. The fourth-order valence-electron chi connectivity index (χ4n) is 1.59. The van der Waals surface area contributed by atoms with Crippen molar-refractivity contribution in [2.75, 3.05) is 13.7 Å². The van der Waals surface area contributed by atoms with E-state index in [2.05, 4.69) is 5.32 Å². The van der Waals surface area contributed by atoms with E-state index in [4.69, 9.17) is 26.6 Å². The summed E-state index contributed by atoms with van der Waals surface area (Å²) in [5, 5.41) is 20.6. The Kier molecular flexibility index (Phi) is 6.27. The zero-order valence-electron chi connectivity index (χ0n) is 10.9. The van der Waals surface area contributed by atoms with Crippen molar-refractivity contribution in [1.82, 2.24) is 5.32 Å². The van der Waals surface area contributed by atoms with Gasteiger partial charge >= 0.3 is 5.97 Å². The lowest BCUT2D eigenvalue weighted by molar-refractivity contribution is -0.147. The van der Waals surface area contributed by atoms with Crippen molar-refractivity contribution in [1.29, 1.82) is 0 Å². The number of carbonyl (C=O) groups excluding carboxylic acids is 1. The summed E-state index contributed by atoms with van der Waals surface area (Å²) in [4.78, 5) is 22.1. The monoisotopic (exact) mass is 301 g/mol. The Balaban J connectivity index is 2.50. The zero-order valence-corrected chi connectivity index (χ0v) is 11.7. The van der Waals surface area contributed by atoms with Crippen molar-refractivity contribution in [2.45, 2.75) is 18.9 Å². The summed E-state index contributed by atoms with van der Waals surface area (Å²) < 4.78 is 5.12. The van der Waals surface area contributed by atoms with Crippen LogP contribution in [0.25, 0.3) is 0 Å². The summed E-state index contributed by atoms with van der Waals surface area (Å²) in [7, 11) is 1.49. The maximum absolute atomic E-state index is 11.7. The number of aliphatic hydroxyl groups excluding tert-OH is 1. The molecule has 0 radical (unpaired) electrons. The van der Waals surface area contributed by atoms with E-state index in [9.17, 15) is 9.59 Å². The molecule has 6 nitrogen and oxygen atoms in total. The molecular formula is C13H16ClNO5. The van der Waals surface area contributed by atoms with Gasteiger partial charge in [0, 0.05) is 23.6 Å². The maximum Gasteiger partial charge on any atom is 0.332 e. The highest BCUT2D eigenvalue weighted by molar-refractivity contribution is 6.30. The van der Waals surface area contributed by atoms with Crippen LogP contribution < -0.4 is 10.1 Å². The number of rotatable bonds is 7. The number of halogens is 1. The smallest absolute Gasteiger partial charge is 0.332 e. The molecule has 1 amide bonds. The molecule has 1 rings (SSSR count). The van der Waals surface area contributed by atoms with Crippen LogP contribution in [0.2, 0.25) is 5.02 Å². The van der Waals surface area contributed by atoms with Crippen LogP contribution in [0.1, 0.15) is 12.0 Å². The number of benzene rings is 1. The summed E-state index contributed by atoms with van der Waals surface area (Å²) in [6.45, 7) is 0.0786. The Morgan fingerprint density at radius 2 is 2.15 bits per heavy atom. The number of nitrogens with one attached hydrogen (secondary N) is 1. The predicted octanol–water partition coefficient (Wildman–Crippen LogP) is 0.843. The standard InChI is InChI=1S/C13H16ClNO5/c1-20-11-3-2-9(14)6-8(11)7-12(17)15-5-4-10(16)13(18)19/h2-3,6,10,16H,4-5,7H2,1H3,(H,15,17)(H,18,19)/t10-/m0/s1. The molecule has 0 saturated heterocycles. The van der Waals surface area contributed by atoms with E-state index in [-0.39, 0.29) is 25.3 Å². The number of methoxy groups -OCH3 is 1. The van der Waals surface area contributed by atoms with E-state index in [1.807, 2.05) is 0 Å². The molecule has 7 heteroatoms. The fraction of sp³-hybridized carbons (Fsp3) is 0.385. The molecule has 0 bridgehead atoms. The Morgan fingerprint density at radius 1 is 1.45 bits per heavy atom. The number of ether oxygens (including phenoxy) is 1. The molecule has 1 atom stereocenters. The molecule has 0 aliphatic heterocycles. The third-order valence-corrected chi connectivity index (χ3v) is 2.85. The van der Waals surface area contributed by atoms with Crippen LogP contribution in [0.4, 0.5) is 0 Å². The molecule has 0 heterocycles.